The molecule has 0 aliphatic carbocycles. The fourth-order valence-electron chi connectivity index (χ4n) is 2.86. The molecule has 8 nitrogen and oxygen atoms in total. The van der Waals surface area contributed by atoms with E-state index >= 15 is 0 Å². The molecule has 2 aliphatic rings. The Morgan fingerprint density at radius 1 is 1.30 bits per heavy atom. The molecular formula is C18H20N5O3S+. The molecule has 140 valence electrons. The van der Waals surface area contributed by atoms with E-state index in [2.05, 4.69) is 15.3 Å². The molecule has 1 aromatic carbocycles. The van der Waals surface area contributed by atoms with Crippen molar-refractivity contribution in [3.63, 3.8) is 0 Å². The number of urea groups is 1. The molecule has 3 rings (SSSR count). The van der Waals surface area contributed by atoms with E-state index in [0.29, 0.717) is 16.7 Å². The summed E-state index contributed by atoms with van der Waals surface area (Å²) in [6.45, 7) is 3.64. The molecule has 0 radical (unpaired) electrons. The van der Waals surface area contributed by atoms with Crippen molar-refractivity contribution in [2.75, 3.05) is 25.2 Å². The molecule has 1 atom stereocenters. The molecule has 0 saturated carbocycles. The van der Waals surface area contributed by atoms with Gasteiger partial charge in [-0.2, -0.15) is 9.48 Å². The van der Waals surface area contributed by atoms with Crippen LogP contribution >= 0.6 is 11.8 Å². The van der Waals surface area contributed by atoms with Gasteiger partial charge >= 0.3 is 11.9 Å². The van der Waals surface area contributed by atoms with E-state index in [1.165, 1.54) is 23.4 Å². The number of aliphatic imine (C=N–C) groups is 2. The minimum atomic E-state index is -0.766. The summed E-state index contributed by atoms with van der Waals surface area (Å²) in [6, 6.07) is 7.07. The van der Waals surface area contributed by atoms with Crippen LogP contribution in [0.2, 0.25) is 0 Å². The van der Waals surface area contributed by atoms with Gasteiger partial charge < -0.3 is 5.32 Å². The third-order valence-electron chi connectivity index (χ3n) is 4.20. The quantitative estimate of drug-likeness (QED) is 0.801. The van der Waals surface area contributed by atoms with Gasteiger partial charge in [-0.25, -0.2) is 9.79 Å². The van der Waals surface area contributed by atoms with Crippen LogP contribution in [-0.2, 0) is 9.59 Å². The Morgan fingerprint density at radius 2 is 2.04 bits per heavy atom. The first-order valence-corrected chi connectivity index (χ1v) is 9.31. The zero-order valence-corrected chi connectivity index (χ0v) is 16.3. The van der Waals surface area contributed by atoms with Gasteiger partial charge in [0.15, 0.2) is 5.92 Å². The number of carbonyl (C=O) groups is 3. The Kier molecular flexibility index (Phi) is 5.22. The van der Waals surface area contributed by atoms with Gasteiger partial charge in [0.2, 0.25) is 11.7 Å². The zero-order valence-electron chi connectivity index (χ0n) is 15.5. The number of nitrogens with one attached hydrogen (secondary N) is 1. The van der Waals surface area contributed by atoms with Crippen LogP contribution in [-0.4, -0.2) is 63.9 Å². The highest BCUT2D eigenvalue weighted by Crippen LogP contribution is 2.25. The standard InChI is InChI=1S/C18H19N5O3S/c1-10-6-5-7-12(8-10)21-13(24)9-27-16-14-15(19-11(2)20-16)22(3)18(26)23(4)17(14)25/h5-8,14H,9H2,1-4H3/p+1. The van der Waals surface area contributed by atoms with Gasteiger partial charge in [0.1, 0.15) is 5.04 Å². The maximum atomic E-state index is 12.6. The molecule has 0 fully saturated rings. The van der Waals surface area contributed by atoms with E-state index in [0.717, 1.165) is 16.2 Å². The van der Waals surface area contributed by atoms with Crippen LogP contribution in [0, 0.1) is 12.8 Å². The molecule has 1 unspecified atom stereocenters. The summed E-state index contributed by atoms with van der Waals surface area (Å²) in [5.74, 6) is -0.473. The highest BCUT2D eigenvalue weighted by atomic mass is 32.2. The summed E-state index contributed by atoms with van der Waals surface area (Å²) >= 11 is 1.18. The molecule has 4 amide bonds. The van der Waals surface area contributed by atoms with E-state index in [1.54, 1.807) is 14.0 Å². The molecule has 0 bridgehead atoms. The monoisotopic (exact) mass is 386 g/mol. The van der Waals surface area contributed by atoms with Crippen molar-refractivity contribution in [3.05, 3.63) is 29.8 Å². The average molecular weight is 386 g/mol. The number of aryl methyl sites for hydroxylation is 1. The minimum Gasteiger partial charge on any atom is -0.325 e. The Bertz CT molecular complexity index is 935. The van der Waals surface area contributed by atoms with Gasteiger partial charge in [-0.3, -0.25) is 9.59 Å². The van der Waals surface area contributed by atoms with Crippen molar-refractivity contribution in [1.82, 2.24) is 4.90 Å². The molecule has 2 aliphatic heterocycles. The van der Waals surface area contributed by atoms with Crippen LogP contribution in [0.5, 0.6) is 0 Å². The van der Waals surface area contributed by atoms with Crippen molar-refractivity contribution in [2.24, 2.45) is 15.9 Å². The van der Waals surface area contributed by atoms with Crippen LogP contribution in [0.15, 0.2) is 34.3 Å². The number of nitrogens with zero attached hydrogens (tertiary/aromatic N) is 4. The second-order valence-electron chi connectivity index (χ2n) is 6.35. The number of hydrogen-bond acceptors (Lipinski definition) is 6. The highest BCUT2D eigenvalue weighted by molar-refractivity contribution is 8.14. The number of amidine groups is 2. The van der Waals surface area contributed by atoms with Crippen molar-refractivity contribution in [1.29, 1.82) is 0 Å². The summed E-state index contributed by atoms with van der Waals surface area (Å²) in [7, 11) is 3.00. The number of rotatable bonds is 3. The van der Waals surface area contributed by atoms with Gasteiger partial charge in [0, 0.05) is 12.6 Å². The number of imide groups is 1. The van der Waals surface area contributed by atoms with E-state index in [9.17, 15) is 14.4 Å². The van der Waals surface area contributed by atoms with Crippen molar-refractivity contribution in [3.8, 4) is 0 Å². The van der Waals surface area contributed by atoms with Gasteiger partial charge in [0.05, 0.1) is 19.8 Å². The maximum absolute atomic E-state index is 12.6. The normalized spacial score (nSPS) is 19.6. The summed E-state index contributed by atoms with van der Waals surface area (Å²) in [5, 5.41) is 3.30. The topological polar surface area (TPSA) is 94.2 Å². The number of carbonyl (C=O) groups excluding carboxylic acids is 3. The Morgan fingerprint density at radius 3 is 2.74 bits per heavy atom. The van der Waals surface area contributed by atoms with Crippen molar-refractivity contribution in [2.45, 2.75) is 13.8 Å². The van der Waals surface area contributed by atoms with Crippen LogP contribution < -0.4 is 5.32 Å². The number of amides is 4. The molecule has 1 N–H and O–H groups in total. The van der Waals surface area contributed by atoms with Gasteiger partial charge in [-0.05, 0) is 24.6 Å². The molecule has 1 aromatic rings. The Balaban J connectivity index is 1.76. The molecule has 0 aromatic heterocycles. The number of fused-ring (bicyclic) bond motifs is 1. The predicted molar refractivity (Wildman–Crippen MR) is 106 cm³/mol. The largest absolute Gasteiger partial charge is 0.445 e. The predicted octanol–water partition coefficient (Wildman–Crippen LogP) is 1.75. The number of thioether (sulfide) groups is 1. The lowest BCUT2D eigenvalue weighted by atomic mass is 10.1. The maximum Gasteiger partial charge on any atom is 0.445 e. The smallest absolute Gasteiger partial charge is 0.325 e. The SMILES string of the molecule is CC1=NC2=[N+](C)C(=O)N(C)C(=O)C2C(SCC(=O)Nc2cccc(C)c2)=N1. The van der Waals surface area contributed by atoms with E-state index in [1.807, 2.05) is 31.2 Å². The summed E-state index contributed by atoms with van der Waals surface area (Å²) in [5.41, 5.74) is 1.77. The van der Waals surface area contributed by atoms with Crippen molar-refractivity contribution < 1.29 is 19.0 Å². The third-order valence-corrected chi connectivity index (χ3v) is 5.23. The zero-order chi connectivity index (χ0) is 19.7. The number of hydrogen-bond donors (Lipinski definition) is 1. The Labute approximate surface area is 161 Å². The van der Waals surface area contributed by atoms with Crippen LogP contribution in [0.1, 0.15) is 12.5 Å². The van der Waals surface area contributed by atoms with E-state index in [-0.39, 0.29) is 11.7 Å². The lowest BCUT2D eigenvalue weighted by molar-refractivity contribution is -0.407. The third kappa shape index (κ3) is 3.82. The van der Waals surface area contributed by atoms with Crippen molar-refractivity contribution >= 4 is 52.0 Å². The van der Waals surface area contributed by atoms with E-state index in [4.69, 9.17) is 0 Å². The second kappa shape index (κ2) is 7.43. The highest BCUT2D eigenvalue weighted by Gasteiger charge is 2.48. The first kappa shape index (κ1) is 19.0. The number of anilines is 1. The first-order chi connectivity index (χ1) is 12.8. The number of benzene rings is 1. The first-order valence-electron chi connectivity index (χ1n) is 8.33. The average Bonchev–Trinajstić information content (AvgIpc) is 2.62. The molecule has 2 heterocycles. The van der Waals surface area contributed by atoms with Gasteiger partial charge in [-0.15, -0.1) is 0 Å². The molecule has 0 spiro atoms. The van der Waals surface area contributed by atoms with Gasteiger partial charge in [0.25, 0.3) is 5.84 Å². The summed E-state index contributed by atoms with van der Waals surface area (Å²) in [6.07, 6.45) is 0. The summed E-state index contributed by atoms with van der Waals surface area (Å²) < 4.78 is 1.34. The lowest BCUT2D eigenvalue weighted by Crippen LogP contribution is -2.54. The molecule has 0 saturated heterocycles. The lowest BCUT2D eigenvalue weighted by Gasteiger charge is -2.26. The Hall–Kier alpha value is -2.81. The molecule has 9 heteroatoms. The fraction of sp³-hybridized carbons (Fsp3) is 0.333. The van der Waals surface area contributed by atoms with E-state index < -0.39 is 17.9 Å². The fourth-order valence-corrected chi connectivity index (χ4v) is 3.78. The summed E-state index contributed by atoms with van der Waals surface area (Å²) in [4.78, 5) is 46.7. The van der Waals surface area contributed by atoms with Crippen LogP contribution in [0.25, 0.3) is 0 Å². The van der Waals surface area contributed by atoms with Gasteiger partial charge in [-0.1, -0.05) is 28.9 Å². The molecule has 27 heavy (non-hydrogen) atoms. The second-order valence-corrected chi connectivity index (χ2v) is 7.34. The minimum absolute atomic E-state index is 0.0957. The van der Waals surface area contributed by atoms with Crippen LogP contribution in [0.4, 0.5) is 10.5 Å². The van der Waals surface area contributed by atoms with Crippen LogP contribution in [0.3, 0.4) is 0 Å². The molecular weight excluding hydrogens is 366 g/mol.